The van der Waals surface area contributed by atoms with Gasteiger partial charge in [-0.05, 0) is 30.9 Å². The van der Waals surface area contributed by atoms with E-state index in [4.69, 9.17) is 9.47 Å². The molecule has 0 spiro atoms. The van der Waals surface area contributed by atoms with Gasteiger partial charge in [-0.15, -0.1) is 0 Å². The number of phenolic OH excluding ortho intramolecular Hbond substituents is 1. The minimum absolute atomic E-state index is 0.0358. The fourth-order valence-corrected chi connectivity index (χ4v) is 2.35. The molecule has 0 radical (unpaired) electrons. The van der Waals surface area contributed by atoms with Crippen LogP contribution in [0.25, 0.3) is 10.8 Å². The number of fused-ring (bicyclic) bond motifs is 1. The minimum Gasteiger partial charge on any atom is -0.507 e. The third-order valence-electron chi connectivity index (χ3n) is 3.13. The molecule has 19 heavy (non-hydrogen) atoms. The molecule has 0 aliphatic rings. The Bertz CT molecular complexity index is 659. The molecule has 100 valence electrons. The van der Waals surface area contributed by atoms with Gasteiger partial charge in [-0.3, -0.25) is 4.79 Å². The highest BCUT2D eigenvalue weighted by Gasteiger charge is 2.18. The SMILES string of the molecule is COc1cc(O)c2c(OC)c(C(C)=O)c(C)cc2c1. The Kier molecular flexibility index (Phi) is 3.34. The lowest BCUT2D eigenvalue weighted by atomic mass is 9.97. The van der Waals surface area contributed by atoms with Crippen LogP contribution in [-0.4, -0.2) is 25.1 Å². The molecule has 2 aromatic carbocycles. The van der Waals surface area contributed by atoms with Crippen molar-refractivity contribution in [1.29, 1.82) is 0 Å². The zero-order chi connectivity index (χ0) is 14.2. The van der Waals surface area contributed by atoms with Crippen LogP contribution in [0.3, 0.4) is 0 Å². The van der Waals surface area contributed by atoms with E-state index in [9.17, 15) is 9.90 Å². The maximum Gasteiger partial charge on any atom is 0.163 e. The number of ketones is 1. The zero-order valence-electron chi connectivity index (χ0n) is 11.4. The van der Waals surface area contributed by atoms with Crippen molar-refractivity contribution < 1.29 is 19.4 Å². The van der Waals surface area contributed by atoms with Crippen LogP contribution >= 0.6 is 0 Å². The first-order valence-corrected chi connectivity index (χ1v) is 5.88. The molecule has 0 aromatic heterocycles. The summed E-state index contributed by atoms with van der Waals surface area (Å²) in [6, 6.07) is 5.15. The normalized spacial score (nSPS) is 10.5. The number of aromatic hydroxyl groups is 1. The van der Waals surface area contributed by atoms with Crippen LogP contribution in [-0.2, 0) is 0 Å². The summed E-state index contributed by atoms with van der Waals surface area (Å²) < 4.78 is 10.5. The van der Waals surface area contributed by atoms with Gasteiger partial charge in [0, 0.05) is 6.07 Å². The minimum atomic E-state index is -0.0912. The van der Waals surface area contributed by atoms with Crippen molar-refractivity contribution in [1.82, 2.24) is 0 Å². The van der Waals surface area contributed by atoms with Crippen molar-refractivity contribution in [2.24, 2.45) is 0 Å². The molecule has 0 saturated carbocycles. The second-order valence-corrected chi connectivity index (χ2v) is 4.40. The number of phenols is 1. The number of benzene rings is 2. The highest BCUT2D eigenvalue weighted by molar-refractivity contribution is 6.07. The fourth-order valence-electron chi connectivity index (χ4n) is 2.35. The largest absolute Gasteiger partial charge is 0.507 e. The number of methoxy groups -OCH3 is 2. The van der Waals surface area contributed by atoms with E-state index in [1.54, 1.807) is 6.07 Å². The molecule has 0 amide bonds. The smallest absolute Gasteiger partial charge is 0.163 e. The van der Waals surface area contributed by atoms with Gasteiger partial charge in [-0.1, -0.05) is 6.07 Å². The third-order valence-corrected chi connectivity index (χ3v) is 3.13. The highest BCUT2D eigenvalue weighted by Crippen LogP contribution is 2.40. The van der Waals surface area contributed by atoms with Gasteiger partial charge < -0.3 is 14.6 Å². The molecule has 4 heteroatoms. The molecule has 0 saturated heterocycles. The van der Waals surface area contributed by atoms with E-state index in [2.05, 4.69) is 0 Å². The number of hydrogen-bond donors (Lipinski definition) is 1. The first kappa shape index (κ1) is 13.2. The van der Waals surface area contributed by atoms with E-state index in [0.29, 0.717) is 22.4 Å². The van der Waals surface area contributed by atoms with Crippen molar-refractivity contribution >= 4 is 16.6 Å². The molecule has 0 bridgehead atoms. The average molecular weight is 260 g/mol. The van der Waals surface area contributed by atoms with Crippen LogP contribution < -0.4 is 9.47 Å². The van der Waals surface area contributed by atoms with E-state index in [0.717, 1.165) is 10.9 Å². The number of carbonyl (C=O) groups is 1. The van der Waals surface area contributed by atoms with Crippen LogP contribution in [0.2, 0.25) is 0 Å². The lowest BCUT2D eigenvalue weighted by Crippen LogP contribution is -2.02. The Morgan fingerprint density at radius 1 is 1.16 bits per heavy atom. The van der Waals surface area contributed by atoms with E-state index < -0.39 is 0 Å². The molecule has 0 aliphatic heterocycles. The molecular formula is C15H16O4. The van der Waals surface area contributed by atoms with E-state index in [-0.39, 0.29) is 11.5 Å². The summed E-state index contributed by atoms with van der Waals surface area (Å²) in [5.41, 5.74) is 1.31. The lowest BCUT2D eigenvalue weighted by Gasteiger charge is -2.15. The highest BCUT2D eigenvalue weighted by atomic mass is 16.5. The number of hydrogen-bond acceptors (Lipinski definition) is 4. The molecule has 2 aromatic rings. The summed E-state index contributed by atoms with van der Waals surface area (Å²) in [5.74, 6) is 0.907. The lowest BCUT2D eigenvalue weighted by molar-refractivity contribution is 0.101. The first-order chi connectivity index (χ1) is 8.99. The quantitative estimate of drug-likeness (QED) is 0.862. The number of carbonyl (C=O) groups excluding carboxylic acids is 1. The molecule has 1 N–H and O–H groups in total. The standard InChI is InChI=1S/C15H16O4/c1-8-5-10-6-11(18-3)7-12(17)14(10)15(19-4)13(8)9(2)16/h5-7,17H,1-4H3. The van der Waals surface area contributed by atoms with Gasteiger partial charge in [0.05, 0.1) is 25.2 Å². The van der Waals surface area contributed by atoms with Crippen molar-refractivity contribution in [2.45, 2.75) is 13.8 Å². The number of ether oxygens (including phenoxy) is 2. The average Bonchev–Trinajstić information content (AvgIpc) is 2.35. The summed E-state index contributed by atoms with van der Waals surface area (Å²) >= 11 is 0. The van der Waals surface area contributed by atoms with Gasteiger partial charge in [0.25, 0.3) is 0 Å². The summed E-state index contributed by atoms with van der Waals surface area (Å²) in [4.78, 5) is 11.7. The van der Waals surface area contributed by atoms with Gasteiger partial charge in [0.15, 0.2) is 5.78 Å². The Balaban J connectivity index is 2.93. The van der Waals surface area contributed by atoms with Crippen LogP contribution in [0.5, 0.6) is 17.2 Å². The number of rotatable bonds is 3. The molecule has 4 nitrogen and oxygen atoms in total. The van der Waals surface area contributed by atoms with Crippen molar-refractivity contribution in [3.8, 4) is 17.2 Å². The topological polar surface area (TPSA) is 55.8 Å². The summed E-state index contributed by atoms with van der Waals surface area (Å²) in [7, 11) is 3.03. The Morgan fingerprint density at radius 3 is 2.37 bits per heavy atom. The molecule has 0 unspecified atom stereocenters. The molecule has 2 rings (SSSR count). The summed E-state index contributed by atoms with van der Waals surface area (Å²) in [6.07, 6.45) is 0. The van der Waals surface area contributed by atoms with Gasteiger partial charge >= 0.3 is 0 Å². The summed E-state index contributed by atoms with van der Waals surface area (Å²) in [6.45, 7) is 3.33. The van der Waals surface area contributed by atoms with Gasteiger partial charge in [0.1, 0.15) is 17.2 Å². The predicted octanol–water partition coefficient (Wildman–Crippen LogP) is 3.07. The fraction of sp³-hybridized carbons (Fsp3) is 0.267. The maximum absolute atomic E-state index is 11.7. The van der Waals surface area contributed by atoms with Gasteiger partial charge in [0.2, 0.25) is 0 Å². The van der Waals surface area contributed by atoms with Crippen molar-refractivity contribution in [3.63, 3.8) is 0 Å². The van der Waals surface area contributed by atoms with Gasteiger partial charge in [-0.25, -0.2) is 0 Å². The van der Waals surface area contributed by atoms with Crippen LogP contribution in [0.4, 0.5) is 0 Å². The van der Waals surface area contributed by atoms with Crippen LogP contribution in [0.1, 0.15) is 22.8 Å². The van der Waals surface area contributed by atoms with Crippen molar-refractivity contribution in [3.05, 3.63) is 29.3 Å². The second kappa shape index (κ2) is 4.80. The van der Waals surface area contributed by atoms with Crippen LogP contribution in [0, 0.1) is 6.92 Å². The molecule has 0 aliphatic carbocycles. The first-order valence-electron chi connectivity index (χ1n) is 5.88. The number of aryl methyl sites for hydroxylation is 1. The monoisotopic (exact) mass is 260 g/mol. The Morgan fingerprint density at radius 2 is 1.84 bits per heavy atom. The van der Waals surface area contributed by atoms with E-state index in [1.807, 2.05) is 13.0 Å². The molecular weight excluding hydrogens is 244 g/mol. The van der Waals surface area contributed by atoms with Gasteiger partial charge in [-0.2, -0.15) is 0 Å². The van der Waals surface area contributed by atoms with E-state index >= 15 is 0 Å². The maximum atomic E-state index is 11.7. The number of Topliss-reactive ketones (excluding diaryl/α,β-unsaturated/α-hetero) is 1. The summed E-state index contributed by atoms with van der Waals surface area (Å²) in [5, 5.41) is 11.4. The Hall–Kier alpha value is -2.23. The predicted molar refractivity (Wildman–Crippen MR) is 73.5 cm³/mol. The van der Waals surface area contributed by atoms with E-state index in [1.165, 1.54) is 27.2 Å². The second-order valence-electron chi connectivity index (χ2n) is 4.40. The van der Waals surface area contributed by atoms with Crippen molar-refractivity contribution in [2.75, 3.05) is 14.2 Å². The molecule has 0 fully saturated rings. The zero-order valence-corrected chi connectivity index (χ0v) is 11.4. The third kappa shape index (κ3) is 2.10. The molecule has 0 heterocycles. The molecule has 0 atom stereocenters. The van der Waals surface area contributed by atoms with Crippen LogP contribution in [0.15, 0.2) is 18.2 Å². The Labute approximate surface area is 111 Å².